The molecular formula is C14H11Cl3N2O. The third-order valence-electron chi connectivity index (χ3n) is 3.11. The molecule has 6 heteroatoms. The van der Waals surface area contributed by atoms with E-state index >= 15 is 0 Å². The molecule has 2 aromatic rings. The number of ether oxygens (including phenoxy) is 1. The third kappa shape index (κ3) is 2.85. The predicted molar refractivity (Wildman–Crippen MR) is 80.3 cm³/mol. The Balaban J connectivity index is 1.94. The SMILES string of the molecule is Cc1c(Cl)nc(C2CC2)nc1Oc1ccc(Cl)c(Cl)c1. The lowest BCUT2D eigenvalue weighted by Crippen LogP contribution is -2.00. The Morgan fingerprint density at radius 1 is 1.10 bits per heavy atom. The number of hydrogen-bond donors (Lipinski definition) is 0. The third-order valence-corrected chi connectivity index (χ3v) is 4.21. The number of hydrogen-bond acceptors (Lipinski definition) is 3. The highest BCUT2D eigenvalue weighted by molar-refractivity contribution is 6.42. The van der Waals surface area contributed by atoms with Crippen LogP contribution < -0.4 is 4.74 Å². The summed E-state index contributed by atoms with van der Waals surface area (Å²) in [6.07, 6.45) is 2.21. The van der Waals surface area contributed by atoms with Gasteiger partial charge in [0.25, 0.3) is 0 Å². The summed E-state index contributed by atoms with van der Waals surface area (Å²) in [5.41, 5.74) is 0.710. The molecule has 0 saturated heterocycles. The smallest absolute Gasteiger partial charge is 0.226 e. The molecule has 0 aliphatic heterocycles. The molecule has 1 fully saturated rings. The molecule has 0 bridgehead atoms. The lowest BCUT2D eigenvalue weighted by molar-refractivity contribution is 0.454. The highest BCUT2D eigenvalue weighted by Crippen LogP contribution is 2.40. The zero-order valence-corrected chi connectivity index (χ0v) is 12.9. The largest absolute Gasteiger partial charge is 0.439 e. The molecule has 3 nitrogen and oxygen atoms in total. The molecule has 1 heterocycles. The van der Waals surface area contributed by atoms with E-state index in [2.05, 4.69) is 9.97 Å². The second-order valence-electron chi connectivity index (χ2n) is 4.76. The van der Waals surface area contributed by atoms with Crippen LogP contribution in [0.4, 0.5) is 0 Å². The fourth-order valence-corrected chi connectivity index (χ4v) is 2.22. The first-order chi connectivity index (χ1) is 9.54. The van der Waals surface area contributed by atoms with Gasteiger partial charge in [0, 0.05) is 17.5 Å². The van der Waals surface area contributed by atoms with Gasteiger partial charge in [-0.3, -0.25) is 0 Å². The molecule has 3 rings (SSSR count). The van der Waals surface area contributed by atoms with E-state index in [-0.39, 0.29) is 0 Å². The second-order valence-corrected chi connectivity index (χ2v) is 5.93. The van der Waals surface area contributed by atoms with Crippen LogP contribution in [0.5, 0.6) is 11.6 Å². The first-order valence-corrected chi connectivity index (χ1v) is 7.35. The molecule has 1 aliphatic carbocycles. The number of aromatic nitrogens is 2. The van der Waals surface area contributed by atoms with Gasteiger partial charge in [0.05, 0.1) is 10.0 Å². The molecule has 0 radical (unpaired) electrons. The second kappa shape index (κ2) is 5.40. The monoisotopic (exact) mass is 328 g/mol. The Labute approximate surface area is 131 Å². The summed E-state index contributed by atoms with van der Waals surface area (Å²) in [5, 5.41) is 1.34. The van der Waals surface area contributed by atoms with E-state index in [1.165, 1.54) is 0 Å². The number of benzene rings is 1. The maximum atomic E-state index is 6.14. The molecule has 1 aromatic carbocycles. The summed E-state index contributed by atoms with van der Waals surface area (Å²) in [6, 6.07) is 5.07. The van der Waals surface area contributed by atoms with Crippen LogP contribution in [0.25, 0.3) is 0 Å². The summed E-state index contributed by atoms with van der Waals surface area (Å²) in [5.74, 6) is 2.18. The maximum absolute atomic E-state index is 6.14. The Morgan fingerprint density at radius 3 is 2.50 bits per heavy atom. The molecular weight excluding hydrogens is 319 g/mol. The average molecular weight is 330 g/mol. The Morgan fingerprint density at radius 2 is 1.85 bits per heavy atom. The predicted octanol–water partition coefficient (Wildman–Crippen LogP) is 5.41. The molecule has 0 unspecified atom stereocenters. The molecule has 0 amide bonds. The summed E-state index contributed by atoms with van der Waals surface area (Å²) < 4.78 is 5.77. The maximum Gasteiger partial charge on any atom is 0.226 e. The molecule has 1 aromatic heterocycles. The van der Waals surface area contributed by atoms with Crippen molar-refractivity contribution >= 4 is 34.8 Å². The minimum absolute atomic E-state index is 0.407. The van der Waals surface area contributed by atoms with Gasteiger partial charge in [-0.1, -0.05) is 34.8 Å². The minimum Gasteiger partial charge on any atom is -0.439 e. The van der Waals surface area contributed by atoms with Crippen molar-refractivity contribution < 1.29 is 4.74 Å². The standard InChI is InChI=1S/C14H11Cl3N2O/c1-7-12(17)18-13(8-2-3-8)19-14(7)20-9-4-5-10(15)11(16)6-9/h4-6,8H,2-3H2,1H3. The van der Waals surface area contributed by atoms with Gasteiger partial charge >= 0.3 is 0 Å². The fourth-order valence-electron chi connectivity index (χ4n) is 1.76. The first-order valence-electron chi connectivity index (χ1n) is 6.21. The average Bonchev–Trinajstić information content (AvgIpc) is 3.23. The highest BCUT2D eigenvalue weighted by atomic mass is 35.5. The van der Waals surface area contributed by atoms with Crippen LogP contribution >= 0.6 is 34.8 Å². The van der Waals surface area contributed by atoms with E-state index in [9.17, 15) is 0 Å². The molecule has 0 atom stereocenters. The van der Waals surface area contributed by atoms with E-state index in [0.717, 1.165) is 18.7 Å². The minimum atomic E-state index is 0.407. The molecule has 20 heavy (non-hydrogen) atoms. The Bertz CT molecular complexity index is 672. The van der Waals surface area contributed by atoms with Crippen molar-refractivity contribution in [1.29, 1.82) is 0 Å². The first kappa shape index (κ1) is 13.9. The molecule has 1 saturated carbocycles. The lowest BCUT2D eigenvalue weighted by atomic mass is 10.3. The van der Waals surface area contributed by atoms with Crippen LogP contribution in [0.2, 0.25) is 15.2 Å². The van der Waals surface area contributed by atoms with Crippen LogP contribution in [0.3, 0.4) is 0 Å². The van der Waals surface area contributed by atoms with Crippen molar-refractivity contribution in [1.82, 2.24) is 9.97 Å². The normalized spacial score (nSPS) is 14.4. The molecule has 104 valence electrons. The Kier molecular flexibility index (Phi) is 3.76. The van der Waals surface area contributed by atoms with Crippen molar-refractivity contribution in [3.63, 3.8) is 0 Å². The zero-order valence-electron chi connectivity index (χ0n) is 10.7. The molecule has 0 spiro atoms. The topological polar surface area (TPSA) is 35.0 Å². The van der Waals surface area contributed by atoms with E-state index in [0.29, 0.717) is 38.3 Å². The number of rotatable bonds is 3. The van der Waals surface area contributed by atoms with Crippen molar-refractivity contribution in [2.45, 2.75) is 25.7 Å². The van der Waals surface area contributed by atoms with Crippen LogP contribution in [-0.4, -0.2) is 9.97 Å². The van der Waals surface area contributed by atoms with Gasteiger partial charge < -0.3 is 4.74 Å². The van der Waals surface area contributed by atoms with Crippen molar-refractivity contribution in [2.75, 3.05) is 0 Å². The number of nitrogens with zero attached hydrogens (tertiary/aromatic N) is 2. The van der Waals surface area contributed by atoms with E-state index in [4.69, 9.17) is 39.5 Å². The highest BCUT2D eigenvalue weighted by Gasteiger charge is 2.28. The van der Waals surface area contributed by atoms with Gasteiger partial charge in [-0.25, -0.2) is 4.98 Å². The zero-order chi connectivity index (χ0) is 14.3. The summed E-state index contributed by atoms with van der Waals surface area (Å²) >= 11 is 18.0. The molecule has 1 aliphatic rings. The fraction of sp³-hybridized carbons (Fsp3) is 0.286. The quantitative estimate of drug-likeness (QED) is 0.706. The van der Waals surface area contributed by atoms with E-state index < -0.39 is 0 Å². The van der Waals surface area contributed by atoms with Gasteiger partial charge in [0.2, 0.25) is 5.88 Å². The van der Waals surface area contributed by atoms with Gasteiger partial charge in [0.15, 0.2) is 0 Å². The van der Waals surface area contributed by atoms with Crippen molar-refractivity contribution in [3.8, 4) is 11.6 Å². The van der Waals surface area contributed by atoms with Crippen molar-refractivity contribution in [2.24, 2.45) is 0 Å². The summed E-state index contributed by atoms with van der Waals surface area (Å²) in [6.45, 7) is 1.83. The van der Waals surface area contributed by atoms with Crippen molar-refractivity contribution in [3.05, 3.63) is 44.8 Å². The van der Waals surface area contributed by atoms with Gasteiger partial charge in [-0.05, 0) is 31.9 Å². The van der Waals surface area contributed by atoms with E-state index in [1.807, 2.05) is 6.92 Å². The van der Waals surface area contributed by atoms with Crippen LogP contribution in [-0.2, 0) is 0 Å². The van der Waals surface area contributed by atoms with E-state index in [1.54, 1.807) is 18.2 Å². The van der Waals surface area contributed by atoms with Crippen LogP contribution in [0.1, 0.15) is 30.1 Å². The van der Waals surface area contributed by atoms with Crippen LogP contribution in [0.15, 0.2) is 18.2 Å². The Hall–Kier alpha value is -1.03. The van der Waals surface area contributed by atoms with Gasteiger partial charge in [-0.15, -0.1) is 0 Å². The number of halogens is 3. The summed E-state index contributed by atoms with van der Waals surface area (Å²) in [7, 11) is 0. The summed E-state index contributed by atoms with van der Waals surface area (Å²) in [4.78, 5) is 8.74. The lowest BCUT2D eigenvalue weighted by Gasteiger charge is -2.10. The van der Waals surface area contributed by atoms with Gasteiger partial charge in [-0.2, -0.15) is 4.98 Å². The van der Waals surface area contributed by atoms with Crippen LogP contribution in [0, 0.1) is 6.92 Å². The molecule has 0 N–H and O–H groups in total. The van der Waals surface area contributed by atoms with Gasteiger partial charge in [0.1, 0.15) is 16.7 Å².